The van der Waals surface area contributed by atoms with Gasteiger partial charge in [0.2, 0.25) is 0 Å². The van der Waals surface area contributed by atoms with Gasteiger partial charge in [-0.3, -0.25) is 4.55 Å². The molecule has 0 atom stereocenters. The van der Waals surface area contributed by atoms with Crippen LogP contribution in [-0.4, -0.2) is 24.7 Å². The first kappa shape index (κ1) is 14.1. The molecule has 1 aromatic rings. The zero-order valence-electron chi connectivity index (χ0n) is 8.26. The van der Waals surface area contributed by atoms with E-state index in [-0.39, 0.29) is 17.7 Å². The number of hydrogen-bond acceptors (Lipinski definition) is 4. The van der Waals surface area contributed by atoms with Gasteiger partial charge in [-0.15, -0.1) is 0 Å². The van der Waals surface area contributed by atoms with Crippen molar-refractivity contribution in [2.75, 3.05) is 6.61 Å². The van der Waals surface area contributed by atoms with E-state index in [0.29, 0.717) is 12.8 Å². The summed E-state index contributed by atoms with van der Waals surface area (Å²) in [5.41, 5.74) is 0.937. The maximum atomic E-state index is 10.7. The van der Waals surface area contributed by atoms with Gasteiger partial charge in [0.15, 0.2) is 0 Å². The average Bonchev–Trinajstić information content (AvgIpc) is 2.14. The topological polar surface area (TPSA) is 110 Å². The molecule has 0 bridgehead atoms. The Morgan fingerprint density at radius 2 is 1.67 bits per heavy atom. The molecule has 5 N–H and O–H groups in total. The molecule has 0 saturated heterocycles. The average molecular weight is 233 g/mol. The molecule has 0 aromatic heterocycles. The normalized spacial score (nSPS) is 10.8. The zero-order valence-corrected chi connectivity index (χ0v) is 9.07. The van der Waals surface area contributed by atoms with E-state index in [1.54, 1.807) is 12.1 Å². The first-order chi connectivity index (χ1) is 6.54. The number of aliphatic hydroxyl groups is 1. The standard InChI is InChI=1S/C9H12O4S.H3N/c10-7-1-2-8-3-5-9(6-4-8)14(11,12)13;/h3-6,10H,1-2,7H2,(H,11,12,13);1H3. The second-order valence-corrected chi connectivity index (χ2v) is 4.37. The van der Waals surface area contributed by atoms with E-state index in [9.17, 15) is 8.42 Å². The number of benzene rings is 1. The lowest BCUT2D eigenvalue weighted by molar-refractivity contribution is 0.288. The molecule has 86 valence electrons. The van der Waals surface area contributed by atoms with Crippen molar-refractivity contribution in [2.24, 2.45) is 0 Å². The number of aryl methyl sites for hydroxylation is 1. The van der Waals surface area contributed by atoms with Crippen molar-refractivity contribution < 1.29 is 18.1 Å². The Morgan fingerprint density at radius 3 is 2.07 bits per heavy atom. The second kappa shape index (κ2) is 5.82. The van der Waals surface area contributed by atoms with Gasteiger partial charge in [-0.2, -0.15) is 8.42 Å². The summed E-state index contributed by atoms with van der Waals surface area (Å²) in [6.45, 7) is 0.111. The highest BCUT2D eigenvalue weighted by Gasteiger charge is 2.07. The van der Waals surface area contributed by atoms with E-state index < -0.39 is 10.1 Å². The molecule has 0 aliphatic carbocycles. The third-order valence-electron chi connectivity index (χ3n) is 1.84. The summed E-state index contributed by atoms with van der Waals surface area (Å²) in [6.07, 6.45) is 1.34. The molecule has 0 aliphatic rings. The first-order valence-corrected chi connectivity index (χ1v) is 5.65. The Kier molecular flexibility index (Phi) is 5.45. The SMILES string of the molecule is N.O=S(=O)(O)c1ccc(CCCO)cc1. The molecule has 15 heavy (non-hydrogen) atoms. The van der Waals surface area contributed by atoms with Crippen LogP contribution in [0.25, 0.3) is 0 Å². The molecule has 0 aliphatic heterocycles. The Balaban J connectivity index is 0.00000196. The molecule has 0 spiro atoms. The lowest BCUT2D eigenvalue weighted by Crippen LogP contribution is -1.98. The van der Waals surface area contributed by atoms with E-state index in [4.69, 9.17) is 9.66 Å². The number of hydrogen-bond donors (Lipinski definition) is 3. The molecule has 6 heteroatoms. The molecular formula is C9H15NO4S. The van der Waals surface area contributed by atoms with Gasteiger partial charge in [0.1, 0.15) is 0 Å². The minimum atomic E-state index is -4.09. The molecular weight excluding hydrogens is 218 g/mol. The van der Waals surface area contributed by atoms with Crippen LogP contribution in [-0.2, 0) is 16.5 Å². The van der Waals surface area contributed by atoms with E-state index in [0.717, 1.165) is 5.56 Å². The van der Waals surface area contributed by atoms with Crippen LogP contribution in [0.3, 0.4) is 0 Å². The Morgan fingerprint density at radius 1 is 1.13 bits per heavy atom. The summed E-state index contributed by atoms with van der Waals surface area (Å²) >= 11 is 0. The lowest BCUT2D eigenvalue weighted by Gasteiger charge is -2.00. The molecule has 0 amide bonds. The van der Waals surface area contributed by atoms with Crippen molar-refractivity contribution in [1.29, 1.82) is 0 Å². The van der Waals surface area contributed by atoms with Gasteiger partial charge in [-0.25, -0.2) is 0 Å². The van der Waals surface area contributed by atoms with Crippen molar-refractivity contribution in [3.05, 3.63) is 29.8 Å². The van der Waals surface area contributed by atoms with Crippen LogP contribution in [0.15, 0.2) is 29.2 Å². The minimum absolute atomic E-state index is 0. The Bertz CT molecular complexity index is 385. The zero-order chi connectivity index (χ0) is 10.6. The fourth-order valence-corrected chi connectivity index (χ4v) is 1.59. The van der Waals surface area contributed by atoms with E-state index in [1.165, 1.54) is 12.1 Å². The highest BCUT2D eigenvalue weighted by atomic mass is 32.2. The fourth-order valence-electron chi connectivity index (χ4n) is 1.11. The Labute approximate surface area is 89.1 Å². The predicted octanol–water partition coefficient (Wildman–Crippen LogP) is 1.02. The summed E-state index contributed by atoms with van der Waals surface area (Å²) in [5, 5.41) is 8.58. The highest BCUT2D eigenvalue weighted by Crippen LogP contribution is 2.11. The smallest absolute Gasteiger partial charge is 0.294 e. The van der Waals surface area contributed by atoms with Crippen LogP contribution in [0.5, 0.6) is 0 Å². The van der Waals surface area contributed by atoms with Gasteiger partial charge in [-0.1, -0.05) is 12.1 Å². The van der Waals surface area contributed by atoms with Crippen LogP contribution in [0.2, 0.25) is 0 Å². The minimum Gasteiger partial charge on any atom is -0.396 e. The summed E-state index contributed by atoms with van der Waals surface area (Å²) in [5.74, 6) is 0. The van der Waals surface area contributed by atoms with Gasteiger partial charge in [-0.05, 0) is 30.5 Å². The maximum absolute atomic E-state index is 10.7. The molecule has 1 rings (SSSR count). The van der Waals surface area contributed by atoms with Crippen molar-refractivity contribution >= 4 is 10.1 Å². The molecule has 1 aromatic carbocycles. The van der Waals surface area contributed by atoms with E-state index in [1.807, 2.05) is 0 Å². The van der Waals surface area contributed by atoms with Crippen LogP contribution >= 0.6 is 0 Å². The van der Waals surface area contributed by atoms with E-state index in [2.05, 4.69) is 0 Å². The van der Waals surface area contributed by atoms with Gasteiger partial charge in [0.25, 0.3) is 10.1 Å². The van der Waals surface area contributed by atoms with Gasteiger partial charge >= 0.3 is 0 Å². The molecule has 0 fully saturated rings. The molecule has 5 nitrogen and oxygen atoms in total. The van der Waals surface area contributed by atoms with Crippen LogP contribution in [0.4, 0.5) is 0 Å². The maximum Gasteiger partial charge on any atom is 0.294 e. The monoisotopic (exact) mass is 233 g/mol. The van der Waals surface area contributed by atoms with Gasteiger partial charge in [0, 0.05) is 6.61 Å². The van der Waals surface area contributed by atoms with Crippen molar-refractivity contribution in [1.82, 2.24) is 6.15 Å². The molecule has 0 heterocycles. The van der Waals surface area contributed by atoms with Gasteiger partial charge in [0.05, 0.1) is 4.90 Å². The van der Waals surface area contributed by atoms with Crippen LogP contribution in [0.1, 0.15) is 12.0 Å². The van der Waals surface area contributed by atoms with Gasteiger partial charge < -0.3 is 11.3 Å². The van der Waals surface area contributed by atoms with Crippen molar-refractivity contribution in [3.63, 3.8) is 0 Å². The molecule has 0 radical (unpaired) electrons. The van der Waals surface area contributed by atoms with Crippen LogP contribution in [0, 0.1) is 0 Å². The quantitative estimate of drug-likeness (QED) is 0.672. The third kappa shape index (κ3) is 4.39. The molecule has 0 unspecified atom stereocenters. The number of rotatable bonds is 4. The fraction of sp³-hybridized carbons (Fsp3) is 0.333. The van der Waals surface area contributed by atoms with Crippen molar-refractivity contribution in [3.8, 4) is 0 Å². The Hall–Kier alpha value is -0.950. The summed E-state index contributed by atoms with van der Waals surface area (Å²) in [4.78, 5) is -0.106. The number of aliphatic hydroxyl groups excluding tert-OH is 1. The van der Waals surface area contributed by atoms with Crippen molar-refractivity contribution in [2.45, 2.75) is 17.7 Å². The second-order valence-electron chi connectivity index (χ2n) is 2.95. The van der Waals surface area contributed by atoms with Crippen LogP contribution < -0.4 is 6.15 Å². The summed E-state index contributed by atoms with van der Waals surface area (Å²) in [7, 11) is -4.09. The highest BCUT2D eigenvalue weighted by molar-refractivity contribution is 7.85. The lowest BCUT2D eigenvalue weighted by atomic mass is 10.1. The summed E-state index contributed by atoms with van der Waals surface area (Å²) in [6, 6.07) is 5.95. The predicted molar refractivity (Wildman–Crippen MR) is 56.7 cm³/mol. The summed E-state index contributed by atoms with van der Waals surface area (Å²) < 4.78 is 30.0. The first-order valence-electron chi connectivity index (χ1n) is 4.21. The van der Waals surface area contributed by atoms with E-state index >= 15 is 0 Å². The third-order valence-corrected chi connectivity index (χ3v) is 2.71. The largest absolute Gasteiger partial charge is 0.396 e. The molecule has 0 saturated carbocycles.